The molecule has 0 saturated carbocycles. The smallest absolute Gasteiger partial charge is 0.246 e. The monoisotopic (exact) mass is 335 g/mol. The summed E-state index contributed by atoms with van der Waals surface area (Å²) in [4.78, 5) is 22.9. The number of hydrogen-bond donors (Lipinski definition) is 1. The number of amides is 1. The summed E-state index contributed by atoms with van der Waals surface area (Å²) in [5, 5.41) is 6.98. The molecule has 0 unspecified atom stereocenters. The molecule has 1 amide bonds. The maximum atomic E-state index is 12.0. The Morgan fingerprint density at radius 1 is 1.45 bits per heavy atom. The van der Waals surface area contributed by atoms with E-state index in [1.165, 1.54) is 4.68 Å². The molecule has 1 aromatic heterocycles. The molecular formula is C14H14BrN3O2. The van der Waals surface area contributed by atoms with Crippen LogP contribution in [0.15, 0.2) is 28.7 Å². The van der Waals surface area contributed by atoms with Gasteiger partial charge < -0.3 is 5.32 Å². The van der Waals surface area contributed by atoms with Gasteiger partial charge in [-0.05, 0) is 32.0 Å². The minimum Gasteiger partial charge on any atom is -0.324 e. The summed E-state index contributed by atoms with van der Waals surface area (Å²) in [7, 11) is 0. The van der Waals surface area contributed by atoms with Crippen molar-refractivity contribution in [3.63, 3.8) is 0 Å². The average molecular weight is 336 g/mol. The van der Waals surface area contributed by atoms with Gasteiger partial charge in [0.05, 0.1) is 11.3 Å². The topological polar surface area (TPSA) is 64.0 Å². The molecule has 0 bridgehead atoms. The second-order valence-corrected chi connectivity index (χ2v) is 5.33. The Labute approximate surface area is 125 Å². The van der Waals surface area contributed by atoms with E-state index in [1.54, 1.807) is 19.9 Å². The van der Waals surface area contributed by atoms with Crippen LogP contribution in [0.2, 0.25) is 0 Å². The van der Waals surface area contributed by atoms with Crippen LogP contribution in [-0.4, -0.2) is 22.0 Å². The zero-order valence-electron chi connectivity index (χ0n) is 11.2. The summed E-state index contributed by atoms with van der Waals surface area (Å²) in [5.41, 5.74) is 2.58. The van der Waals surface area contributed by atoms with Crippen molar-refractivity contribution in [2.45, 2.75) is 20.4 Å². The third kappa shape index (κ3) is 3.14. The lowest BCUT2D eigenvalue weighted by Gasteiger charge is -2.07. The Hall–Kier alpha value is -1.95. The van der Waals surface area contributed by atoms with E-state index in [4.69, 9.17) is 0 Å². The highest BCUT2D eigenvalue weighted by molar-refractivity contribution is 9.10. The Morgan fingerprint density at radius 3 is 2.80 bits per heavy atom. The van der Waals surface area contributed by atoms with E-state index in [0.717, 1.165) is 10.8 Å². The fraction of sp³-hybridized carbons (Fsp3) is 0.214. The van der Waals surface area contributed by atoms with E-state index >= 15 is 0 Å². The van der Waals surface area contributed by atoms with Gasteiger partial charge >= 0.3 is 0 Å². The molecule has 104 valence electrons. The van der Waals surface area contributed by atoms with Crippen molar-refractivity contribution in [1.29, 1.82) is 0 Å². The number of anilines is 1. The summed E-state index contributed by atoms with van der Waals surface area (Å²) < 4.78 is 2.43. The zero-order valence-corrected chi connectivity index (χ0v) is 12.8. The third-order valence-electron chi connectivity index (χ3n) is 2.96. The molecular weight excluding hydrogens is 322 g/mol. The number of carbonyl (C=O) groups excluding carboxylic acids is 2. The molecule has 2 rings (SSSR count). The Morgan fingerprint density at radius 2 is 2.20 bits per heavy atom. The molecule has 0 aliphatic rings. The standard InChI is InChI=1S/C14H14BrN3O2/c1-9-13(8-19)10(2)18(17-9)7-14(20)16-12-5-3-4-11(15)6-12/h3-6,8H,7H2,1-2H3,(H,16,20). The summed E-state index contributed by atoms with van der Waals surface area (Å²) in [6, 6.07) is 7.34. The summed E-state index contributed by atoms with van der Waals surface area (Å²) in [6.07, 6.45) is 0.764. The number of aryl methyl sites for hydroxylation is 1. The van der Waals surface area contributed by atoms with Gasteiger partial charge in [-0.3, -0.25) is 14.3 Å². The second-order valence-electron chi connectivity index (χ2n) is 4.42. The lowest BCUT2D eigenvalue weighted by atomic mass is 10.2. The number of hydrogen-bond acceptors (Lipinski definition) is 3. The molecule has 6 heteroatoms. The van der Waals surface area contributed by atoms with Crippen LogP contribution in [0.25, 0.3) is 0 Å². The predicted octanol–water partition coefficient (Wildman–Crippen LogP) is 2.71. The number of aldehydes is 1. The van der Waals surface area contributed by atoms with Crippen molar-refractivity contribution in [3.05, 3.63) is 45.7 Å². The minimum absolute atomic E-state index is 0.0764. The number of carbonyl (C=O) groups is 2. The van der Waals surface area contributed by atoms with Gasteiger partial charge in [0, 0.05) is 15.9 Å². The molecule has 5 nitrogen and oxygen atoms in total. The van der Waals surface area contributed by atoms with Crippen molar-refractivity contribution in [1.82, 2.24) is 9.78 Å². The van der Waals surface area contributed by atoms with E-state index in [9.17, 15) is 9.59 Å². The molecule has 1 N–H and O–H groups in total. The molecule has 0 saturated heterocycles. The lowest BCUT2D eigenvalue weighted by Crippen LogP contribution is -2.20. The van der Waals surface area contributed by atoms with Crippen LogP contribution >= 0.6 is 15.9 Å². The third-order valence-corrected chi connectivity index (χ3v) is 3.45. The molecule has 2 aromatic rings. The fourth-order valence-corrected chi connectivity index (χ4v) is 2.34. The van der Waals surface area contributed by atoms with Gasteiger partial charge in [-0.15, -0.1) is 0 Å². The number of nitrogens with zero attached hydrogens (tertiary/aromatic N) is 2. The van der Waals surface area contributed by atoms with E-state index in [-0.39, 0.29) is 12.5 Å². The molecule has 0 aliphatic carbocycles. The van der Waals surface area contributed by atoms with Crippen LogP contribution in [-0.2, 0) is 11.3 Å². The first-order chi connectivity index (χ1) is 9.51. The van der Waals surface area contributed by atoms with E-state index in [2.05, 4.69) is 26.3 Å². The van der Waals surface area contributed by atoms with Gasteiger partial charge in [0.15, 0.2) is 6.29 Å². The van der Waals surface area contributed by atoms with Crippen LogP contribution in [0.4, 0.5) is 5.69 Å². The Bertz CT molecular complexity index is 664. The fourth-order valence-electron chi connectivity index (χ4n) is 1.94. The first-order valence-electron chi connectivity index (χ1n) is 6.06. The highest BCUT2D eigenvalue weighted by Gasteiger charge is 2.13. The van der Waals surface area contributed by atoms with Crippen LogP contribution in [0.5, 0.6) is 0 Å². The molecule has 0 spiro atoms. The zero-order chi connectivity index (χ0) is 14.7. The normalized spacial score (nSPS) is 10.3. The molecule has 1 aromatic carbocycles. The van der Waals surface area contributed by atoms with E-state index in [0.29, 0.717) is 22.6 Å². The van der Waals surface area contributed by atoms with Gasteiger partial charge in [0.1, 0.15) is 6.54 Å². The largest absolute Gasteiger partial charge is 0.324 e. The van der Waals surface area contributed by atoms with Gasteiger partial charge in [-0.25, -0.2) is 0 Å². The van der Waals surface area contributed by atoms with E-state index in [1.807, 2.05) is 18.2 Å². The second kappa shape index (κ2) is 6.00. The van der Waals surface area contributed by atoms with Gasteiger partial charge in [0.2, 0.25) is 5.91 Å². The van der Waals surface area contributed by atoms with Crippen LogP contribution in [0.3, 0.4) is 0 Å². The summed E-state index contributed by atoms with van der Waals surface area (Å²) in [5.74, 6) is -0.189. The number of rotatable bonds is 4. The molecule has 1 heterocycles. The van der Waals surface area contributed by atoms with Crippen molar-refractivity contribution >= 4 is 33.8 Å². The first-order valence-corrected chi connectivity index (χ1v) is 6.85. The first kappa shape index (κ1) is 14.5. The average Bonchev–Trinajstić information content (AvgIpc) is 2.63. The molecule has 0 fully saturated rings. The number of aromatic nitrogens is 2. The van der Waals surface area contributed by atoms with Gasteiger partial charge in [0.25, 0.3) is 0 Å². The Kier molecular flexibility index (Phi) is 4.34. The van der Waals surface area contributed by atoms with Gasteiger partial charge in [-0.1, -0.05) is 22.0 Å². The van der Waals surface area contributed by atoms with Crippen molar-refractivity contribution < 1.29 is 9.59 Å². The highest BCUT2D eigenvalue weighted by Crippen LogP contribution is 2.16. The quantitative estimate of drug-likeness (QED) is 0.873. The molecule has 0 radical (unpaired) electrons. The summed E-state index contributed by atoms with van der Waals surface area (Å²) in [6.45, 7) is 3.60. The number of benzene rings is 1. The minimum atomic E-state index is -0.189. The van der Waals surface area contributed by atoms with Crippen LogP contribution < -0.4 is 5.32 Å². The molecule has 0 aliphatic heterocycles. The number of halogens is 1. The van der Waals surface area contributed by atoms with Crippen LogP contribution in [0.1, 0.15) is 21.7 Å². The summed E-state index contributed by atoms with van der Waals surface area (Å²) >= 11 is 3.35. The maximum Gasteiger partial charge on any atom is 0.246 e. The van der Waals surface area contributed by atoms with Crippen molar-refractivity contribution in [2.24, 2.45) is 0 Å². The van der Waals surface area contributed by atoms with E-state index < -0.39 is 0 Å². The predicted molar refractivity (Wildman–Crippen MR) is 79.9 cm³/mol. The van der Waals surface area contributed by atoms with Crippen molar-refractivity contribution in [2.75, 3.05) is 5.32 Å². The maximum absolute atomic E-state index is 12.0. The number of nitrogens with one attached hydrogen (secondary N) is 1. The highest BCUT2D eigenvalue weighted by atomic mass is 79.9. The van der Waals surface area contributed by atoms with Gasteiger partial charge in [-0.2, -0.15) is 5.10 Å². The lowest BCUT2D eigenvalue weighted by molar-refractivity contribution is -0.116. The van der Waals surface area contributed by atoms with Crippen molar-refractivity contribution in [3.8, 4) is 0 Å². The Balaban J connectivity index is 2.10. The molecule has 0 atom stereocenters. The molecule has 20 heavy (non-hydrogen) atoms. The van der Waals surface area contributed by atoms with Crippen LogP contribution in [0, 0.1) is 13.8 Å². The SMILES string of the molecule is Cc1nn(CC(=O)Nc2cccc(Br)c2)c(C)c1C=O.